The summed E-state index contributed by atoms with van der Waals surface area (Å²) < 4.78 is 11.6. The first-order chi connectivity index (χ1) is 13.3. The maximum absolute atomic E-state index is 12.7. The predicted molar refractivity (Wildman–Crippen MR) is 108 cm³/mol. The van der Waals surface area contributed by atoms with E-state index < -0.39 is 0 Å². The van der Waals surface area contributed by atoms with Crippen molar-refractivity contribution in [3.63, 3.8) is 0 Å². The summed E-state index contributed by atoms with van der Waals surface area (Å²) in [7, 11) is 0. The molecule has 142 valence electrons. The van der Waals surface area contributed by atoms with Gasteiger partial charge < -0.3 is 14.1 Å². The van der Waals surface area contributed by atoms with Gasteiger partial charge in [0.25, 0.3) is 0 Å². The molecule has 1 saturated heterocycles. The first-order valence-corrected chi connectivity index (χ1v) is 10.1. The molecule has 0 bridgehead atoms. The summed E-state index contributed by atoms with van der Waals surface area (Å²) in [4.78, 5) is 15.2. The first-order valence-electron chi connectivity index (χ1n) is 10.1. The van der Waals surface area contributed by atoms with Gasteiger partial charge >= 0.3 is 5.97 Å². The zero-order valence-corrected chi connectivity index (χ0v) is 15.9. The van der Waals surface area contributed by atoms with Gasteiger partial charge in [0.15, 0.2) is 0 Å². The molecule has 0 radical (unpaired) electrons. The normalized spacial score (nSPS) is 16.2. The Labute approximate surface area is 160 Å². The van der Waals surface area contributed by atoms with Crippen LogP contribution < -0.4 is 0 Å². The predicted octanol–water partition coefficient (Wildman–Crippen LogP) is 5.25. The van der Waals surface area contributed by atoms with Gasteiger partial charge in [0.1, 0.15) is 16.7 Å². The number of ether oxygens (including phenoxy) is 1. The summed E-state index contributed by atoms with van der Waals surface area (Å²) in [5.41, 5.74) is 1.94. The largest absolute Gasteiger partial charge is 0.462 e. The van der Waals surface area contributed by atoms with E-state index in [9.17, 15) is 4.79 Å². The van der Waals surface area contributed by atoms with Gasteiger partial charge in [-0.15, -0.1) is 0 Å². The quantitative estimate of drug-likeness (QED) is 0.559. The van der Waals surface area contributed by atoms with Gasteiger partial charge in [-0.05, 0) is 56.9 Å². The number of benzene rings is 2. The molecular weight excluding hydrogens is 338 g/mol. The molecule has 27 heavy (non-hydrogen) atoms. The Bertz CT molecular complexity index is 922. The number of nitrogens with zero attached hydrogens (tertiary/aromatic N) is 1. The number of carbonyl (C=O) groups is 1. The molecule has 3 aromatic rings. The van der Waals surface area contributed by atoms with Gasteiger partial charge in [-0.2, -0.15) is 0 Å². The van der Waals surface area contributed by atoms with Crippen molar-refractivity contribution in [2.45, 2.75) is 32.6 Å². The zero-order valence-electron chi connectivity index (χ0n) is 15.9. The SMILES string of the molecule is CCCCN1CCC(COC(=O)c2cccc3c2oc2ccccc23)CC1. The topological polar surface area (TPSA) is 42.7 Å². The second kappa shape index (κ2) is 8.13. The van der Waals surface area contributed by atoms with E-state index in [0.717, 1.165) is 42.3 Å². The Hall–Kier alpha value is -2.33. The molecule has 4 heteroatoms. The Morgan fingerprint density at radius 2 is 1.89 bits per heavy atom. The second-order valence-corrected chi connectivity index (χ2v) is 7.52. The van der Waals surface area contributed by atoms with Crippen LogP contribution in [-0.4, -0.2) is 37.1 Å². The van der Waals surface area contributed by atoms with Crippen molar-refractivity contribution < 1.29 is 13.9 Å². The van der Waals surface area contributed by atoms with Crippen LogP contribution in [0.3, 0.4) is 0 Å². The molecule has 0 unspecified atom stereocenters. The molecule has 0 spiro atoms. The number of esters is 1. The molecule has 0 N–H and O–H groups in total. The first kappa shape index (κ1) is 18.1. The fourth-order valence-corrected chi connectivity index (χ4v) is 3.94. The molecule has 0 saturated carbocycles. The number of fused-ring (bicyclic) bond motifs is 3. The Morgan fingerprint density at radius 3 is 2.70 bits per heavy atom. The summed E-state index contributed by atoms with van der Waals surface area (Å²) in [5, 5.41) is 1.99. The lowest BCUT2D eigenvalue weighted by molar-refractivity contribution is 0.0373. The van der Waals surface area contributed by atoms with Crippen LogP contribution in [0.2, 0.25) is 0 Å². The average molecular weight is 365 g/mol. The molecule has 2 aromatic carbocycles. The Kier molecular flexibility index (Phi) is 5.44. The standard InChI is InChI=1S/C23H27NO3/c1-2-3-13-24-14-11-17(12-15-24)16-26-23(25)20-9-6-8-19-18-7-4-5-10-21(18)27-22(19)20/h4-10,17H,2-3,11-16H2,1H3. The molecule has 0 amide bonds. The molecule has 4 nitrogen and oxygen atoms in total. The molecule has 0 aliphatic carbocycles. The maximum Gasteiger partial charge on any atom is 0.341 e. The molecule has 1 aliphatic rings. The maximum atomic E-state index is 12.7. The highest BCUT2D eigenvalue weighted by Crippen LogP contribution is 2.31. The Balaban J connectivity index is 1.41. The lowest BCUT2D eigenvalue weighted by Crippen LogP contribution is -2.36. The minimum Gasteiger partial charge on any atom is -0.462 e. The van der Waals surface area contributed by atoms with Crippen molar-refractivity contribution in [1.82, 2.24) is 4.90 Å². The van der Waals surface area contributed by atoms with Gasteiger partial charge in [0, 0.05) is 10.8 Å². The monoisotopic (exact) mass is 365 g/mol. The summed E-state index contributed by atoms with van der Waals surface area (Å²) in [5.74, 6) is 0.176. The van der Waals surface area contributed by atoms with Crippen LogP contribution in [0, 0.1) is 5.92 Å². The molecule has 1 aromatic heterocycles. The highest BCUT2D eigenvalue weighted by atomic mass is 16.5. The third-order valence-electron chi connectivity index (χ3n) is 5.61. The van der Waals surface area contributed by atoms with Crippen molar-refractivity contribution in [2.24, 2.45) is 5.92 Å². The minimum absolute atomic E-state index is 0.284. The van der Waals surface area contributed by atoms with Gasteiger partial charge in [-0.1, -0.05) is 43.7 Å². The second-order valence-electron chi connectivity index (χ2n) is 7.52. The van der Waals surface area contributed by atoms with Crippen LogP contribution in [0.1, 0.15) is 43.0 Å². The summed E-state index contributed by atoms with van der Waals surface area (Å²) >= 11 is 0. The average Bonchev–Trinajstić information content (AvgIpc) is 3.10. The molecular formula is C23H27NO3. The van der Waals surface area contributed by atoms with E-state index in [0.29, 0.717) is 23.7 Å². The number of carbonyl (C=O) groups excluding carboxylic acids is 1. The van der Waals surface area contributed by atoms with E-state index >= 15 is 0 Å². The van der Waals surface area contributed by atoms with Crippen LogP contribution in [0.25, 0.3) is 21.9 Å². The number of rotatable bonds is 6. The van der Waals surface area contributed by atoms with Gasteiger partial charge in [-0.25, -0.2) is 4.79 Å². The van der Waals surface area contributed by atoms with Gasteiger partial charge in [-0.3, -0.25) is 0 Å². The lowest BCUT2D eigenvalue weighted by Gasteiger charge is -2.31. The van der Waals surface area contributed by atoms with E-state index in [1.54, 1.807) is 6.07 Å². The van der Waals surface area contributed by atoms with Crippen LogP contribution in [0.5, 0.6) is 0 Å². The van der Waals surface area contributed by atoms with Crippen molar-refractivity contribution in [3.8, 4) is 0 Å². The van der Waals surface area contributed by atoms with E-state index in [4.69, 9.17) is 9.15 Å². The van der Waals surface area contributed by atoms with E-state index in [2.05, 4.69) is 11.8 Å². The van der Waals surface area contributed by atoms with Crippen LogP contribution in [0.15, 0.2) is 46.9 Å². The lowest BCUT2D eigenvalue weighted by atomic mass is 9.97. The summed E-state index contributed by atoms with van der Waals surface area (Å²) in [6.07, 6.45) is 4.71. The van der Waals surface area contributed by atoms with Crippen molar-refractivity contribution in [2.75, 3.05) is 26.2 Å². The van der Waals surface area contributed by atoms with Gasteiger partial charge in [0.2, 0.25) is 0 Å². The third-order valence-corrected chi connectivity index (χ3v) is 5.61. The van der Waals surface area contributed by atoms with Crippen molar-refractivity contribution in [3.05, 3.63) is 48.0 Å². The van der Waals surface area contributed by atoms with Crippen molar-refractivity contribution in [1.29, 1.82) is 0 Å². The summed E-state index contributed by atoms with van der Waals surface area (Å²) in [6, 6.07) is 13.5. The third kappa shape index (κ3) is 3.86. The van der Waals surface area contributed by atoms with Crippen LogP contribution >= 0.6 is 0 Å². The van der Waals surface area contributed by atoms with Crippen LogP contribution in [0.4, 0.5) is 0 Å². The molecule has 1 fully saturated rings. The van der Waals surface area contributed by atoms with E-state index in [-0.39, 0.29) is 5.97 Å². The number of likely N-dealkylation sites (tertiary alicyclic amines) is 1. The molecule has 4 rings (SSSR count). The highest BCUT2D eigenvalue weighted by molar-refractivity contribution is 6.11. The number of hydrogen-bond donors (Lipinski definition) is 0. The van der Waals surface area contributed by atoms with E-state index in [1.807, 2.05) is 36.4 Å². The smallest absolute Gasteiger partial charge is 0.341 e. The zero-order chi connectivity index (χ0) is 18.6. The number of para-hydroxylation sites is 2. The van der Waals surface area contributed by atoms with Crippen LogP contribution in [-0.2, 0) is 4.74 Å². The fourth-order valence-electron chi connectivity index (χ4n) is 3.94. The number of unbranched alkanes of at least 4 members (excludes halogenated alkanes) is 1. The highest BCUT2D eigenvalue weighted by Gasteiger charge is 2.22. The number of piperidine rings is 1. The van der Waals surface area contributed by atoms with Gasteiger partial charge in [0.05, 0.1) is 6.61 Å². The molecule has 2 heterocycles. The summed E-state index contributed by atoms with van der Waals surface area (Å²) in [6.45, 7) is 6.14. The Morgan fingerprint density at radius 1 is 1.11 bits per heavy atom. The molecule has 0 atom stereocenters. The number of hydrogen-bond acceptors (Lipinski definition) is 4. The fraction of sp³-hybridized carbons (Fsp3) is 0.435. The molecule has 1 aliphatic heterocycles. The van der Waals surface area contributed by atoms with E-state index in [1.165, 1.54) is 19.4 Å². The number of furan rings is 1. The minimum atomic E-state index is -0.284. The van der Waals surface area contributed by atoms with Crippen molar-refractivity contribution >= 4 is 27.9 Å².